The maximum absolute atomic E-state index is 12.7. The maximum Gasteiger partial charge on any atom is 0.266 e. The highest BCUT2D eigenvalue weighted by Crippen LogP contribution is 2.20. The number of hydrogen-bond acceptors (Lipinski definition) is 4. The molecule has 1 amide bonds. The van der Waals surface area contributed by atoms with Crippen LogP contribution in [0, 0.1) is 18.3 Å². The van der Waals surface area contributed by atoms with E-state index in [1.54, 1.807) is 30.3 Å². The Morgan fingerprint density at radius 1 is 0.811 bits per heavy atom. The topological polar surface area (TPSA) is 71.3 Å². The number of aryl methyl sites for hydroxylation is 1. The van der Waals surface area contributed by atoms with E-state index in [0.29, 0.717) is 30.4 Å². The van der Waals surface area contributed by atoms with Crippen molar-refractivity contribution in [2.75, 3.05) is 5.32 Å². The van der Waals surface area contributed by atoms with Gasteiger partial charge in [-0.05, 0) is 78.2 Å². The zero-order valence-corrected chi connectivity index (χ0v) is 21.9. The van der Waals surface area contributed by atoms with E-state index in [-0.39, 0.29) is 5.57 Å². The molecule has 0 heterocycles. The maximum atomic E-state index is 12.7. The van der Waals surface area contributed by atoms with E-state index in [0.717, 1.165) is 21.2 Å². The number of nitriles is 1. The van der Waals surface area contributed by atoms with Crippen molar-refractivity contribution in [3.05, 3.63) is 129 Å². The van der Waals surface area contributed by atoms with Crippen LogP contribution in [0.25, 0.3) is 6.08 Å². The lowest BCUT2D eigenvalue weighted by atomic mass is 10.1. The third-order valence-electron chi connectivity index (χ3n) is 5.51. The molecular formula is C31H25BrN2O3. The largest absolute Gasteiger partial charge is 0.489 e. The van der Waals surface area contributed by atoms with Crippen LogP contribution in [0.5, 0.6) is 11.5 Å². The minimum absolute atomic E-state index is 0.00299. The van der Waals surface area contributed by atoms with Crippen molar-refractivity contribution in [1.82, 2.24) is 0 Å². The van der Waals surface area contributed by atoms with Gasteiger partial charge < -0.3 is 14.8 Å². The van der Waals surface area contributed by atoms with Gasteiger partial charge in [0.25, 0.3) is 5.91 Å². The number of hydrogen-bond donors (Lipinski definition) is 1. The van der Waals surface area contributed by atoms with Crippen LogP contribution in [0.15, 0.2) is 107 Å². The summed E-state index contributed by atoms with van der Waals surface area (Å²) in [6.45, 7) is 2.95. The van der Waals surface area contributed by atoms with Gasteiger partial charge in [0, 0.05) is 10.2 Å². The smallest absolute Gasteiger partial charge is 0.266 e. The minimum atomic E-state index is -0.480. The van der Waals surface area contributed by atoms with Gasteiger partial charge >= 0.3 is 0 Å². The first-order valence-corrected chi connectivity index (χ1v) is 12.5. The van der Waals surface area contributed by atoms with E-state index in [1.165, 1.54) is 5.56 Å². The van der Waals surface area contributed by atoms with Crippen molar-refractivity contribution >= 4 is 33.6 Å². The molecule has 37 heavy (non-hydrogen) atoms. The molecule has 4 aromatic rings. The summed E-state index contributed by atoms with van der Waals surface area (Å²) in [6.07, 6.45) is 1.55. The van der Waals surface area contributed by atoms with E-state index in [2.05, 4.69) is 21.2 Å². The Kier molecular flexibility index (Phi) is 8.75. The Balaban J connectivity index is 1.31. The molecule has 5 nitrogen and oxygen atoms in total. The van der Waals surface area contributed by atoms with Crippen molar-refractivity contribution in [2.45, 2.75) is 20.1 Å². The van der Waals surface area contributed by atoms with Gasteiger partial charge in [-0.25, -0.2) is 0 Å². The number of halogens is 1. The predicted molar refractivity (Wildman–Crippen MR) is 149 cm³/mol. The summed E-state index contributed by atoms with van der Waals surface area (Å²) in [5.74, 6) is 0.913. The molecular weight excluding hydrogens is 528 g/mol. The predicted octanol–water partition coefficient (Wildman–Crippen LogP) is 7.46. The zero-order chi connectivity index (χ0) is 26.0. The van der Waals surface area contributed by atoms with Crippen LogP contribution in [-0.2, 0) is 18.0 Å². The number of anilines is 1. The first-order valence-electron chi connectivity index (χ1n) is 11.7. The second-order valence-corrected chi connectivity index (χ2v) is 9.32. The molecule has 0 aliphatic rings. The number of benzene rings is 4. The average Bonchev–Trinajstić information content (AvgIpc) is 2.92. The fourth-order valence-corrected chi connectivity index (χ4v) is 3.67. The summed E-state index contributed by atoms with van der Waals surface area (Å²) in [7, 11) is 0. The van der Waals surface area contributed by atoms with Crippen LogP contribution < -0.4 is 14.8 Å². The Hall–Kier alpha value is -4.34. The molecule has 1 N–H and O–H groups in total. The molecule has 0 radical (unpaired) electrons. The number of amides is 1. The SMILES string of the molecule is Cc1ccc(COc2ccc(NC(=O)/C(C#N)=C/c3ccc(OCc4ccc(Br)cc4)cc3)cc2)cc1. The first kappa shape index (κ1) is 25.7. The molecule has 0 fully saturated rings. The summed E-state index contributed by atoms with van der Waals surface area (Å²) in [5.41, 5.74) is 4.64. The molecule has 0 spiro atoms. The molecule has 6 heteroatoms. The van der Waals surface area contributed by atoms with Gasteiger partial charge in [-0.15, -0.1) is 0 Å². The first-order chi connectivity index (χ1) is 18.0. The lowest BCUT2D eigenvalue weighted by molar-refractivity contribution is -0.112. The molecule has 0 saturated carbocycles. The number of carbonyl (C=O) groups is 1. The molecule has 0 aromatic heterocycles. The lowest BCUT2D eigenvalue weighted by Gasteiger charge is -2.09. The van der Waals surface area contributed by atoms with Crippen LogP contribution in [0.4, 0.5) is 5.69 Å². The highest BCUT2D eigenvalue weighted by molar-refractivity contribution is 9.10. The number of rotatable bonds is 9. The summed E-state index contributed by atoms with van der Waals surface area (Å²) in [5, 5.41) is 12.3. The molecule has 0 unspecified atom stereocenters. The number of carbonyl (C=O) groups excluding carboxylic acids is 1. The van der Waals surface area contributed by atoms with Crippen molar-refractivity contribution in [1.29, 1.82) is 5.26 Å². The van der Waals surface area contributed by atoms with Crippen LogP contribution in [-0.4, -0.2) is 5.91 Å². The molecule has 4 aromatic carbocycles. The van der Waals surface area contributed by atoms with Gasteiger partial charge in [0.15, 0.2) is 0 Å². The van der Waals surface area contributed by atoms with Gasteiger partial charge in [0.2, 0.25) is 0 Å². The number of ether oxygens (including phenoxy) is 2. The quantitative estimate of drug-likeness (QED) is 0.173. The molecule has 184 valence electrons. The van der Waals surface area contributed by atoms with Crippen molar-refractivity contribution < 1.29 is 14.3 Å². The summed E-state index contributed by atoms with van der Waals surface area (Å²) in [4.78, 5) is 12.7. The third-order valence-corrected chi connectivity index (χ3v) is 6.04. The summed E-state index contributed by atoms with van der Waals surface area (Å²) < 4.78 is 12.6. The Bertz CT molecular complexity index is 1400. The van der Waals surface area contributed by atoms with Crippen LogP contribution in [0.3, 0.4) is 0 Å². The highest BCUT2D eigenvalue weighted by atomic mass is 79.9. The number of nitrogens with zero attached hydrogens (tertiary/aromatic N) is 1. The van der Waals surface area contributed by atoms with E-state index in [4.69, 9.17) is 9.47 Å². The lowest BCUT2D eigenvalue weighted by Crippen LogP contribution is -2.13. The molecule has 0 bridgehead atoms. The number of nitrogens with one attached hydrogen (secondary N) is 1. The fraction of sp³-hybridized carbons (Fsp3) is 0.0968. The van der Waals surface area contributed by atoms with E-state index in [9.17, 15) is 10.1 Å². The van der Waals surface area contributed by atoms with Crippen LogP contribution in [0.1, 0.15) is 22.3 Å². The van der Waals surface area contributed by atoms with Crippen LogP contribution in [0.2, 0.25) is 0 Å². The highest BCUT2D eigenvalue weighted by Gasteiger charge is 2.10. The molecule has 0 saturated heterocycles. The Morgan fingerprint density at radius 3 is 1.86 bits per heavy atom. The van der Waals surface area contributed by atoms with Gasteiger partial charge in [-0.3, -0.25) is 4.79 Å². The van der Waals surface area contributed by atoms with Gasteiger partial charge in [-0.2, -0.15) is 5.26 Å². The van der Waals surface area contributed by atoms with Crippen molar-refractivity contribution in [3.8, 4) is 17.6 Å². The van der Waals surface area contributed by atoms with E-state index < -0.39 is 5.91 Å². The zero-order valence-electron chi connectivity index (χ0n) is 20.3. The second kappa shape index (κ2) is 12.6. The van der Waals surface area contributed by atoms with Crippen molar-refractivity contribution in [2.24, 2.45) is 0 Å². The fourth-order valence-electron chi connectivity index (χ4n) is 3.41. The second-order valence-electron chi connectivity index (χ2n) is 8.41. The Labute approximate surface area is 225 Å². The normalized spacial score (nSPS) is 10.9. The van der Waals surface area contributed by atoms with Gasteiger partial charge in [-0.1, -0.05) is 70.0 Å². The summed E-state index contributed by atoms with van der Waals surface area (Å²) >= 11 is 3.42. The standard InChI is InChI=1S/C31H25BrN2O3/c1-22-2-4-24(5-3-22)20-37-30-16-12-28(13-17-30)34-31(35)26(19-33)18-23-8-14-29(15-9-23)36-21-25-6-10-27(32)11-7-25/h2-18H,20-21H2,1H3,(H,34,35)/b26-18+. The van der Waals surface area contributed by atoms with Gasteiger partial charge in [0.1, 0.15) is 36.4 Å². The Morgan fingerprint density at radius 2 is 1.32 bits per heavy atom. The van der Waals surface area contributed by atoms with Crippen molar-refractivity contribution in [3.63, 3.8) is 0 Å². The third kappa shape index (κ3) is 7.83. The van der Waals surface area contributed by atoms with E-state index in [1.807, 2.05) is 85.8 Å². The molecule has 0 aliphatic carbocycles. The van der Waals surface area contributed by atoms with Crippen LogP contribution >= 0.6 is 15.9 Å². The minimum Gasteiger partial charge on any atom is -0.489 e. The monoisotopic (exact) mass is 552 g/mol. The summed E-state index contributed by atoms with van der Waals surface area (Å²) in [6, 6.07) is 32.4. The molecule has 0 atom stereocenters. The average molecular weight is 553 g/mol. The molecule has 4 rings (SSSR count). The van der Waals surface area contributed by atoms with E-state index >= 15 is 0 Å². The molecule has 0 aliphatic heterocycles. The van der Waals surface area contributed by atoms with Gasteiger partial charge in [0.05, 0.1) is 0 Å².